The van der Waals surface area contributed by atoms with Crippen LogP contribution < -0.4 is 10.1 Å². The Morgan fingerprint density at radius 3 is 2.46 bits per heavy atom. The van der Waals surface area contributed by atoms with Crippen molar-refractivity contribution in [2.75, 3.05) is 5.32 Å². The number of carbonyl (C=O) groups excluding carboxylic acids is 1. The first-order valence-electron chi connectivity index (χ1n) is 8.60. The van der Waals surface area contributed by atoms with E-state index >= 15 is 0 Å². The number of ether oxygens (including phenoxy) is 1. The van der Waals surface area contributed by atoms with Gasteiger partial charge in [-0.3, -0.25) is 4.79 Å². The number of aryl methyl sites for hydroxylation is 1. The summed E-state index contributed by atoms with van der Waals surface area (Å²) in [6.45, 7) is 1.63. The molecule has 0 fully saturated rings. The Morgan fingerprint density at radius 1 is 1.08 bits per heavy atom. The molecule has 0 radical (unpaired) electrons. The second kappa shape index (κ2) is 7.40. The maximum atomic E-state index is 12.6. The van der Waals surface area contributed by atoms with Crippen LogP contribution in [0.4, 0.5) is 18.9 Å². The monoisotopic (exact) mass is 363 g/mol. The van der Waals surface area contributed by atoms with Gasteiger partial charge in [-0.2, -0.15) is 13.2 Å². The SMILES string of the molecule is C[C@@H](Oc1cccc2c1CCCC2)C(=O)Nc1ccc(C(F)(F)F)cc1. The van der Waals surface area contributed by atoms with Gasteiger partial charge in [-0.05, 0) is 74.1 Å². The van der Waals surface area contributed by atoms with E-state index in [4.69, 9.17) is 4.74 Å². The number of rotatable bonds is 4. The van der Waals surface area contributed by atoms with Crippen LogP contribution in [0, 0.1) is 0 Å². The smallest absolute Gasteiger partial charge is 0.416 e. The van der Waals surface area contributed by atoms with E-state index in [0.717, 1.165) is 43.4 Å². The van der Waals surface area contributed by atoms with Crippen molar-refractivity contribution in [2.24, 2.45) is 0 Å². The van der Waals surface area contributed by atoms with Crippen molar-refractivity contribution in [1.82, 2.24) is 0 Å². The fourth-order valence-corrected chi connectivity index (χ4v) is 3.09. The maximum Gasteiger partial charge on any atom is 0.416 e. The number of alkyl halides is 3. The molecule has 0 saturated carbocycles. The van der Waals surface area contributed by atoms with Crippen molar-refractivity contribution in [3.8, 4) is 5.75 Å². The normalized spacial score (nSPS) is 15.1. The summed E-state index contributed by atoms with van der Waals surface area (Å²) < 4.78 is 43.6. The molecule has 1 aliphatic rings. The zero-order valence-corrected chi connectivity index (χ0v) is 14.4. The molecule has 0 saturated heterocycles. The van der Waals surface area contributed by atoms with Crippen molar-refractivity contribution >= 4 is 11.6 Å². The van der Waals surface area contributed by atoms with Crippen LogP contribution in [0.15, 0.2) is 42.5 Å². The quantitative estimate of drug-likeness (QED) is 0.831. The highest BCUT2D eigenvalue weighted by Crippen LogP contribution is 2.31. The lowest BCUT2D eigenvalue weighted by molar-refractivity contribution is -0.137. The topological polar surface area (TPSA) is 38.3 Å². The minimum atomic E-state index is -4.40. The zero-order valence-electron chi connectivity index (χ0n) is 14.4. The Kier molecular flexibility index (Phi) is 5.20. The van der Waals surface area contributed by atoms with Gasteiger partial charge < -0.3 is 10.1 Å². The van der Waals surface area contributed by atoms with E-state index in [-0.39, 0.29) is 0 Å². The predicted octanol–water partition coefficient (Wildman–Crippen LogP) is 4.99. The molecular formula is C20H20F3NO2. The Morgan fingerprint density at radius 2 is 1.77 bits per heavy atom. The van der Waals surface area contributed by atoms with Gasteiger partial charge in [0.15, 0.2) is 6.10 Å². The number of carbonyl (C=O) groups is 1. The predicted molar refractivity (Wildman–Crippen MR) is 93.2 cm³/mol. The standard InChI is InChI=1S/C20H20F3NO2/c1-13(26-18-8-4-6-14-5-2-3-7-17(14)18)19(25)24-16-11-9-15(10-12-16)20(21,22)23/h4,6,8-13H,2-3,5,7H2,1H3,(H,24,25)/t13-/m1/s1. The lowest BCUT2D eigenvalue weighted by Gasteiger charge is -2.22. The summed E-state index contributed by atoms with van der Waals surface area (Å²) >= 11 is 0. The molecule has 0 bridgehead atoms. The molecule has 3 nitrogen and oxygen atoms in total. The number of benzene rings is 2. The maximum absolute atomic E-state index is 12.6. The average molecular weight is 363 g/mol. The molecule has 2 aromatic carbocycles. The van der Waals surface area contributed by atoms with Gasteiger partial charge in [-0.15, -0.1) is 0 Å². The second-order valence-corrected chi connectivity index (χ2v) is 6.43. The van der Waals surface area contributed by atoms with Crippen LogP contribution in [-0.4, -0.2) is 12.0 Å². The molecule has 1 N–H and O–H groups in total. The average Bonchev–Trinajstić information content (AvgIpc) is 2.61. The summed E-state index contributed by atoms with van der Waals surface area (Å²) in [6.07, 6.45) is -0.964. The number of nitrogens with one attached hydrogen (secondary N) is 1. The van der Waals surface area contributed by atoms with Crippen LogP contribution >= 0.6 is 0 Å². The third-order valence-electron chi connectivity index (χ3n) is 4.51. The molecule has 3 rings (SSSR count). The van der Waals surface area contributed by atoms with E-state index in [1.165, 1.54) is 17.7 Å². The Hall–Kier alpha value is -2.50. The fraction of sp³-hybridized carbons (Fsp3) is 0.350. The van der Waals surface area contributed by atoms with Gasteiger partial charge in [0.25, 0.3) is 5.91 Å². The van der Waals surface area contributed by atoms with Crippen LogP contribution in [0.3, 0.4) is 0 Å². The molecule has 1 atom stereocenters. The number of hydrogen-bond donors (Lipinski definition) is 1. The zero-order chi connectivity index (χ0) is 18.7. The van der Waals surface area contributed by atoms with Crippen molar-refractivity contribution in [1.29, 1.82) is 0 Å². The summed E-state index contributed by atoms with van der Waals surface area (Å²) in [4.78, 5) is 12.3. The van der Waals surface area contributed by atoms with E-state index in [9.17, 15) is 18.0 Å². The molecule has 0 unspecified atom stereocenters. The van der Waals surface area contributed by atoms with Gasteiger partial charge >= 0.3 is 6.18 Å². The number of fused-ring (bicyclic) bond motifs is 1. The molecule has 0 aromatic heterocycles. The number of anilines is 1. The summed E-state index contributed by atoms with van der Waals surface area (Å²) in [5.41, 5.74) is 1.95. The van der Waals surface area contributed by atoms with Crippen LogP contribution in [0.2, 0.25) is 0 Å². The summed E-state index contributed by atoms with van der Waals surface area (Å²) in [5.74, 6) is 0.301. The van der Waals surface area contributed by atoms with E-state index in [1.807, 2.05) is 12.1 Å². The molecule has 6 heteroatoms. The molecule has 2 aromatic rings. The Balaban J connectivity index is 1.65. The Labute approximate surface area is 150 Å². The second-order valence-electron chi connectivity index (χ2n) is 6.43. The number of hydrogen-bond acceptors (Lipinski definition) is 2. The van der Waals surface area contributed by atoms with Gasteiger partial charge in [0.2, 0.25) is 0 Å². The third-order valence-corrected chi connectivity index (χ3v) is 4.51. The highest BCUT2D eigenvalue weighted by Gasteiger charge is 2.30. The lowest BCUT2D eigenvalue weighted by Crippen LogP contribution is -2.30. The molecular weight excluding hydrogens is 343 g/mol. The first kappa shape index (κ1) is 18.3. The molecule has 1 amide bonds. The summed E-state index contributed by atoms with van der Waals surface area (Å²) in [6, 6.07) is 10.2. The van der Waals surface area contributed by atoms with Crippen molar-refractivity contribution < 1.29 is 22.7 Å². The third kappa shape index (κ3) is 4.18. The van der Waals surface area contributed by atoms with Gasteiger partial charge in [0, 0.05) is 5.69 Å². The van der Waals surface area contributed by atoms with Gasteiger partial charge in [-0.1, -0.05) is 12.1 Å². The molecule has 0 heterocycles. The minimum Gasteiger partial charge on any atom is -0.481 e. The van der Waals surface area contributed by atoms with Gasteiger partial charge in [-0.25, -0.2) is 0 Å². The van der Waals surface area contributed by atoms with Crippen molar-refractivity contribution in [2.45, 2.75) is 44.9 Å². The van der Waals surface area contributed by atoms with Crippen LogP contribution in [-0.2, 0) is 23.8 Å². The van der Waals surface area contributed by atoms with E-state index in [1.54, 1.807) is 6.92 Å². The molecule has 26 heavy (non-hydrogen) atoms. The number of halogens is 3. The highest BCUT2D eigenvalue weighted by molar-refractivity contribution is 5.94. The summed E-state index contributed by atoms with van der Waals surface area (Å²) in [5, 5.41) is 2.59. The largest absolute Gasteiger partial charge is 0.481 e. The van der Waals surface area contributed by atoms with Crippen LogP contribution in [0.5, 0.6) is 5.75 Å². The van der Waals surface area contributed by atoms with E-state index < -0.39 is 23.8 Å². The highest BCUT2D eigenvalue weighted by atomic mass is 19.4. The van der Waals surface area contributed by atoms with Crippen molar-refractivity contribution in [3.63, 3.8) is 0 Å². The van der Waals surface area contributed by atoms with Gasteiger partial charge in [0.05, 0.1) is 5.56 Å². The molecule has 138 valence electrons. The fourth-order valence-electron chi connectivity index (χ4n) is 3.09. The summed E-state index contributed by atoms with van der Waals surface area (Å²) in [7, 11) is 0. The number of amides is 1. The first-order chi connectivity index (χ1) is 12.3. The van der Waals surface area contributed by atoms with Crippen LogP contribution in [0.25, 0.3) is 0 Å². The molecule has 0 aliphatic heterocycles. The minimum absolute atomic E-state index is 0.300. The van der Waals surface area contributed by atoms with Gasteiger partial charge in [0.1, 0.15) is 5.75 Å². The van der Waals surface area contributed by atoms with Crippen molar-refractivity contribution in [3.05, 3.63) is 59.2 Å². The van der Waals surface area contributed by atoms with Crippen LogP contribution in [0.1, 0.15) is 36.5 Å². The molecule has 1 aliphatic carbocycles. The first-order valence-corrected chi connectivity index (χ1v) is 8.60. The molecule has 0 spiro atoms. The van der Waals surface area contributed by atoms with E-state index in [2.05, 4.69) is 11.4 Å². The Bertz CT molecular complexity index is 785. The lowest BCUT2D eigenvalue weighted by atomic mass is 9.91. The van der Waals surface area contributed by atoms with E-state index in [0.29, 0.717) is 11.4 Å².